The van der Waals surface area contributed by atoms with Gasteiger partial charge < -0.3 is 10.1 Å². The molecule has 0 aliphatic carbocycles. The fourth-order valence-electron chi connectivity index (χ4n) is 1.47. The minimum absolute atomic E-state index is 0.696. The van der Waals surface area contributed by atoms with Crippen molar-refractivity contribution in [2.75, 3.05) is 14.2 Å². The molecule has 1 aromatic heterocycles. The molecule has 1 N–H and O–H groups in total. The van der Waals surface area contributed by atoms with Crippen LogP contribution in [0.15, 0.2) is 28.9 Å². The van der Waals surface area contributed by atoms with Crippen LogP contribution in [0.3, 0.4) is 0 Å². The Morgan fingerprint density at radius 1 is 1.47 bits per heavy atom. The molecule has 2 rings (SSSR count). The maximum Gasteiger partial charge on any atom is 0.121 e. The van der Waals surface area contributed by atoms with E-state index in [2.05, 4.69) is 31.6 Å². The number of halogens is 1. The first-order valence-electron chi connectivity index (χ1n) is 5.14. The molecule has 6 heteroatoms. The van der Waals surface area contributed by atoms with E-state index in [0.29, 0.717) is 6.54 Å². The molecule has 0 saturated carbocycles. The van der Waals surface area contributed by atoms with E-state index in [1.165, 1.54) is 0 Å². The zero-order valence-corrected chi connectivity index (χ0v) is 11.2. The van der Waals surface area contributed by atoms with E-state index in [-0.39, 0.29) is 0 Å². The number of benzene rings is 1. The number of ether oxygens (including phenoxy) is 1. The Labute approximate surface area is 108 Å². The van der Waals surface area contributed by atoms with Crippen molar-refractivity contribution in [3.8, 4) is 11.4 Å². The van der Waals surface area contributed by atoms with Crippen LogP contribution in [-0.2, 0) is 6.54 Å². The summed E-state index contributed by atoms with van der Waals surface area (Å²) in [4.78, 5) is 0. The van der Waals surface area contributed by atoms with Crippen LogP contribution in [0.25, 0.3) is 5.69 Å². The molecule has 17 heavy (non-hydrogen) atoms. The number of hydrogen-bond acceptors (Lipinski definition) is 4. The summed E-state index contributed by atoms with van der Waals surface area (Å²) >= 11 is 3.48. The molecule has 0 radical (unpaired) electrons. The largest absolute Gasteiger partial charge is 0.497 e. The molecule has 2 aromatic rings. The first-order valence-corrected chi connectivity index (χ1v) is 5.93. The number of rotatable bonds is 4. The number of nitrogens with zero attached hydrogens (tertiary/aromatic N) is 3. The van der Waals surface area contributed by atoms with E-state index < -0.39 is 0 Å². The maximum absolute atomic E-state index is 5.19. The van der Waals surface area contributed by atoms with Crippen LogP contribution < -0.4 is 10.1 Å². The highest BCUT2D eigenvalue weighted by atomic mass is 79.9. The summed E-state index contributed by atoms with van der Waals surface area (Å²) in [6.45, 7) is 0.696. The maximum atomic E-state index is 5.19. The SMILES string of the molecule is CNCc1cn(-c2cc(OC)ccc2Br)nn1. The highest BCUT2D eigenvalue weighted by Gasteiger charge is 2.07. The lowest BCUT2D eigenvalue weighted by molar-refractivity contribution is 0.414. The van der Waals surface area contributed by atoms with Gasteiger partial charge in [0.2, 0.25) is 0 Å². The number of methoxy groups -OCH3 is 1. The molecule has 0 amide bonds. The van der Waals surface area contributed by atoms with Gasteiger partial charge in [0.25, 0.3) is 0 Å². The van der Waals surface area contributed by atoms with Crippen molar-refractivity contribution in [1.82, 2.24) is 20.3 Å². The van der Waals surface area contributed by atoms with Crippen molar-refractivity contribution in [2.45, 2.75) is 6.54 Å². The minimum Gasteiger partial charge on any atom is -0.497 e. The molecule has 0 saturated heterocycles. The molecule has 0 atom stereocenters. The Kier molecular flexibility index (Phi) is 3.75. The molecular formula is C11H13BrN4O. The van der Waals surface area contributed by atoms with Gasteiger partial charge in [0.15, 0.2) is 0 Å². The van der Waals surface area contributed by atoms with Crippen molar-refractivity contribution in [3.63, 3.8) is 0 Å². The molecule has 0 spiro atoms. The summed E-state index contributed by atoms with van der Waals surface area (Å²) in [6, 6.07) is 5.72. The smallest absolute Gasteiger partial charge is 0.121 e. The lowest BCUT2D eigenvalue weighted by atomic mass is 10.3. The van der Waals surface area contributed by atoms with Crippen molar-refractivity contribution in [1.29, 1.82) is 0 Å². The molecule has 0 aliphatic rings. The van der Waals surface area contributed by atoms with Gasteiger partial charge in [-0.25, -0.2) is 4.68 Å². The Balaban J connectivity index is 2.37. The summed E-state index contributed by atoms with van der Waals surface area (Å²) in [5.41, 5.74) is 1.79. The second-order valence-corrected chi connectivity index (χ2v) is 4.36. The van der Waals surface area contributed by atoms with Crippen molar-refractivity contribution < 1.29 is 4.74 Å². The molecule has 1 heterocycles. The van der Waals surface area contributed by atoms with Gasteiger partial charge in [0.05, 0.1) is 24.7 Å². The fourth-order valence-corrected chi connectivity index (χ4v) is 1.90. The topological polar surface area (TPSA) is 52.0 Å². The number of aromatic nitrogens is 3. The zero-order chi connectivity index (χ0) is 12.3. The van der Waals surface area contributed by atoms with Crippen molar-refractivity contribution in [3.05, 3.63) is 34.6 Å². The van der Waals surface area contributed by atoms with E-state index in [0.717, 1.165) is 21.6 Å². The van der Waals surface area contributed by atoms with E-state index in [9.17, 15) is 0 Å². The van der Waals surface area contributed by atoms with Crippen LogP contribution in [0, 0.1) is 0 Å². The van der Waals surface area contributed by atoms with Gasteiger partial charge in [-0.15, -0.1) is 5.10 Å². The Bertz CT molecular complexity index is 512. The van der Waals surface area contributed by atoms with E-state index in [1.807, 2.05) is 31.4 Å². The molecule has 0 bridgehead atoms. The summed E-state index contributed by atoms with van der Waals surface area (Å²) in [5, 5.41) is 11.2. The first kappa shape index (κ1) is 12.1. The molecule has 0 fully saturated rings. The third-order valence-corrected chi connectivity index (χ3v) is 2.97. The normalized spacial score (nSPS) is 10.5. The first-order chi connectivity index (χ1) is 8.24. The highest BCUT2D eigenvalue weighted by molar-refractivity contribution is 9.10. The Morgan fingerprint density at radius 3 is 3.00 bits per heavy atom. The lowest BCUT2D eigenvalue weighted by Crippen LogP contribution is -2.05. The summed E-state index contributed by atoms with van der Waals surface area (Å²) in [5.74, 6) is 0.786. The van der Waals surface area contributed by atoms with Gasteiger partial charge in [-0.05, 0) is 35.1 Å². The van der Waals surface area contributed by atoms with E-state index >= 15 is 0 Å². The molecule has 90 valence electrons. The van der Waals surface area contributed by atoms with Crippen LogP contribution in [0.4, 0.5) is 0 Å². The standard InChI is InChI=1S/C11H13BrN4O/c1-13-6-8-7-16(15-14-8)11-5-9(17-2)3-4-10(11)12/h3-5,7,13H,6H2,1-2H3. The van der Waals surface area contributed by atoms with E-state index in [1.54, 1.807) is 11.8 Å². The predicted octanol–water partition coefficient (Wildman–Crippen LogP) is 1.76. The minimum atomic E-state index is 0.696. The average Bonchev–Trinajstić information content (AvgIpc) is 2.79. The zero-order valence-electron chi connectivity index (χ0n) is 9.64. The molecule has 0 unspecified atom stereocenters. The molecule has 0 aliphatic heterocycles. The van der Waals surface area contributed by atoms with Crippen LogP contribution >= 0.6 is 15.9 Å². The lowest BCUT2D eigenvalue weighted by Gasteiger charge is -2.06. The molecular weight excluding hydrogens is 284 g/mol. The Hall–Kier alpha value is -1.40. The quantitative estimate of drug-likeness (QED) is 0.934. The number of hydrogen-bond donors (Lipinski definition) is 1. The van der Waals surface area contributed by atoms with Crippen LogP contribution in [0.2, 0.25) is 0 Å². The Morgan fingerprint density at radius 2 is 2.29 bits per heavy atom. The van der Waals surface area contributed by atoms with E-state index in [4.69, 9.17) is 4.74 Å². The predicted molar refractivity (Wildman–Crippen MR) is 68.4 cm³/mol. The summed E-state index contributed by atoms with van der Waals surface area (Å²) in [6.07, 6.45) is 1.88. The highest BCUT2D eigenvalue weighted by Crippen LogP contribution is 2.25. The van der Waals surface area contributed by atoms with Crippen LogP contribution in [0.1, 0.15) is 5.69 Å². The van der Waals surface area contributed by atoms with Gasteiger partial charge in [0, 0.05) is 17.1 Å². The molecule has 1 aromatic carbocycles. The van der Waals surface area contributed by atoms with Gasteiger partial charge >= 0.3 is 0 Å². The van der Waals surface area contributed by atoms with Crippen molar-refractivity contribution >= 4 is 15.9 Å². The van der Waals surface area contributed by atoms with Gasteiger partial charge in [0.1, 0.15) is 5.75 Å². The molecule has 5 nitrogen and oxygen atoms in total. The van der Waals surface area contributed by atoms with Gasteiger partial charge in [-0.1, -0.05) is 5.21 Å². The second-order valence-electron chi connectivity index (χ2n) is 3.50. The van der Waals surface area contributed by atoms with Crippen molar-refractivity contribution in [2.24, 2.45) is 0 Å². The second kappa shape index (κ2) is 5.29. The van der Waals surface area contributed by atoms with Crippen LogP contribution in [-0.4, -0.2) is 29.2 Å². The average molecular weight is 297 g/mol. The summed E-state index contributed by atoms with van der Waals surface area (Å²) < 4.78 is 7.86. The fraction of sp³-hybridized carbons (Fsp3) is 0.273. The summed E-state index contributed by atoms with van der Waals surface area (Å²) in [7, 11) is 3.52. The van der Waals surface area contributed by atoms with Gasteiger partial charge in [-0.2, -0.15) is 0 Å². The third kappa shape index (κ3) is 2.65. The van der Waals surface area contributed by atoms with Crippen LogP contribution in [0.5, 0.6) is 5.75 Å². The third-order valence-electron chi connectivity index (χ3n) is 2.30. The van der Waals surface area contributed by atoms with Gasteiger partial charge in [-0.3, -0.25) is 0 Å². The monoisotopic (exact) mass is 296 g/mol. The number of nitrogens with one attached hydrogen (secondary N) is 1.